The van der Waals surface area contributed by atoms with Gasteiger partial charge in [-0.05, 0) is 42.3 Å². The summed E-state index contributed by atoms with van der Waals surface area (Å²) in [5.74, 6) is 0.307. The van der Waals surface area contributed by atoms with Gasteiger partial charge in [0.15, 0.2) is 0 Å². The van der Waals surface area contributed by atoms with Crippen LogP contribution in [0.2, 0.25) is 0 Å². The predicted molar refractivity (Wildman–Crippen MR) is 97.5 cm³/mol. The summed E-state index contributed by atoms with van der Waals surface area (Å²) in [6.45, 7) is 0.670. The summed E-state index contributed by atoms with van der Waals surface area (Å²) < 4.78 is 18.5. The molecule has 1 saturated heterocycles. The quantitative estimate of drug-likeness (QED) is 0.646. The topological polar surface area (TPSA) is 109 Å². The first-order valence-corrected chi connectivity index (χ1v) is 8.77. The zero-order valence-corrected chi connectivity index (χ0v) is 14.8. The van der Waals surface area contributed by atoms with E-state index in [1.165, 1.54) is 18.2 Å². The fourth-order valence-corrected chi connectivity index (χ4v) is 3.45. The van der Waals surface area contributed by atoms with Crippen LogP contribution in [0.3, 0.4) is 0 Å². The Bertz CT molecular complexity index is 947. The molecule has 1 aromatic heterocycles. The van der Waals surface area contributed by atoms with Crippen molar-refractivity contribution >= 4 is 5.69 Å². The van der Waals surface area contributed by atoms with E-state index in [0.29, 0.717) is 42.4 Å². The number of para-hydroxylation sites is 1. The number of benzene rings is 2. The van der Waals surface area contributed by atoms with Gasteiger partial charge in [0.05, 0.1) is 17.8 Å². The van der Waals surface area contributed by atoms with Crippen molar-refractivity contribution in [3.05, 3.63) is 71.0 Å². The number of hydrogen-bond donors (Lipinski definition) is 2. The summed E-state index contributed by atoms with van der Waals surface area (Å²) in [7, 11) is 0. The smallest absolute Gasteiger partial charge is 0.244 e. The predicted octanol–water partition coefficient (Wildman–Crippen LogP) is 2.88. The number of β-amino-alcohol motifs (C(OH)–C–C–N with tert-alkyl or cyclic N) is 1. The summed E-state index contributed by atoms with van der Waals surface area (Å²) in [4.78, 5) is 6.31. The average molecular weight is 385 g/mol. The van der Waals surface area contributed by atoms with Gasteiger partial charge in [-0.25, -0.2) is 4.39 Å². The Morgan fingerprint density at radius 2 is 1.96 bits per heavy atom. The third kappa shape index (κ3) is 3.73. The first kappa shape index (κ1) is 18.5. The molecule has 2 atom stereocenters. The zero-order chi connectivity index (χ0) is 19.7. The fraction of sp³-hybridized carbons (Fsp3) is 0.263. The number of likely N-dealkylation sites (tertiary alicyclic amines) is 1. The van der Waals surface area contributed by atoms with E-state index in [1.807, 2.05) is 4.90 Å². The van der Waals surface area contributed by atoms with Gasteiger partial charge in [0, 0.05) is 18.7 Å². The molecule has 2 N–H and O–H groups in total. The standard InChI is InChI=1S/C19H18FN4O4/c20-14-7-5-12(6-8-14)18-21-19(28-22-18)17-9-15(25)11-23(17)10-13-3-1-2-4-16(13)24(26)27/h1-8,15,17,25-26H,9-11H2/q-1/t15-,17+/m1/s1. The Kier molecular flexibility index (Phi) is 5.05. The molecule has 2 aromatic carbocycles. The normalized spacial score (nSPS) is 19.9. The van der Waals surface area contributed by atoms with Crippen molar-refractivity contribution in [3.8, 4) is 11.4 Å². The van der Waals surface area contributed by atoms with Gasteiger partial charge >= 0.3 is 0 Å². The minimum absolute atomic E-state index is 0.139. The van der Waals surface area contributed by atoms with Crippen molar-refractivity contribution in [3.63, 3.8) is 0 Å². The minimum Gasteiger partial charge on any atom is -0.733 e. The summed E-state index contributed by atoms with van der Waals surface area (Å²) >= 11 is 0. The number of aromatic nitrogens is 2. The summed E-state index contributed by atoms with van der Waals surface area (Å²) in [6, 6.07) is 12.1. The number of anilines is 1. The van der Waals surface area contributed by atoms with Crippen molar-refractivity contribution < 1.29 is 19.2 Å². The van der Waals surface area contributed by atoms with Crippen molar-refractivity contribution in [2.45, 2.75) is 25.1 Å². The molecule has 0 saturated carbocycles. The third-order valence-corrected chi connectivity index (χ3v) is 4.78. The molecular weight excluding hydrogens is 367 g/mol. The lowest BCUT2D eigenvalue weighted by Crippen LogP contribution is -2.25. The molecule has 0 radical (unpaired) electrons. The summed E-state index contributed by atoms with van der Waals surface area (Å²) in [5, 5.41) is 34.6. The van der Waals surface area contributed by atoms with E-state index in [2.05, 4.69) is 10.1 Å². The van der Waals surface area contributed by atoms with E-state index in [0.717, 1.165) is 0 Å². The molecule has 1 aliphatic rings. The largest absolute Gasteiger partial charge is 0.733 e. The van der Waals surface area contributed by atoms with Crippen molar-refractivity contribution in [1.29, 1.82) is 0 Å². The maximum Gasteiger partial charge on any atom is 0.244 e. The molecular formula is C19H18FN4O4-. The van der Waals surface area contributed by atoms with Crippen LogP contribution >= 0.6 is 0 Å². The van der Waals surface area contributed by atoms with Crippen LogP contribution in [-0.2, 0) is 6.54 Å². The van der Waals surface area contributed by atoms with Crippen LogP contribution in [-0.4, -0.2) is 38.0 Å². The van der Waals surface area contributed by atoms with Crippen molar-refractivity contribution in [2.75, 3.05) is 11.8 Å². The van der Waals surface area contributed by atoms with E-state index in [1.54, 1.807) is 30.3 Å². The van der Waals surface area contributed by atoms with Crippen LogP contribution in [0.5, 0.6) is 0 Å². The molecule has 0 bridgehead atoms. The van der Waals surface area contributed by atoms with Gasteiger partial charge in [0.25, 0.3) is 0 Å². The molecule has 2 heterocycles. The molecule has 146 valence electrons. The number of nitrogens with zero attached hydrogens (tertiary/aromatic N) is 4. The molecule has 8 nitrogen and oxygen atoms in total. The number of aliphatic hydroxyl groups is 1. The average Bonchev–Trinajstić information content (AvgIpc) is 3.29. The summed E-state index contributed by atoms with van der Waals surface area (Å²) in [5.41, 5.74) is 1.37. The summed E-state index contributed by atoms with van der Waals surface area (Å²) in [6.07, 6.45) is -0.191. The van der Waals surface area contributed by atoms with Gasteiger partial charge in [-0.3, -0.25) is 10.1 Å². The van der Waals surface area contributed by atoms with E-state index < -0.39 is 6.10 Å². The minimum atomic E-state index is -0.587. The first-order valence-electron chi connectivity index (χ1n) is 8.77. The van der Waals surface area contributed by atoms with Crippen LogP contribution in [0, 0.1) is 11.0 Å². The van der Waals surface area contributed by atoms with Crippen LogP contribution in [0.15, 0.2) is 53.1 Å². The van der Waals surface area contributed by atoms with E-state index in [4.69, 9.17) is 4.52 Å². The Labute approximate surface area is 160 Å². The molecule has 0 unspecified atom stereocenters. The lowest BCUT2D eigenvalue weighted by atomic mass is 10.1. The molecule has 4 rings (SSSR count). The van der Waals surface area contributed by atoms with Crippen LogP contribution in [0.4, 0.5) is 10.1 Å². The van der Waals surface area contributed by atoms with E-state index in [9.17, 15) is 19.9 Å². The van der Waals surface area contributed by atoms with Gasteiger partial charge in [0.2, 0.25) is 11.7 Å². The van der Waals surface area contributed by atoms with E-state index >= 15 is 0 Å². The maximum atomic E-state index is 13.1. The fourth-order valence-electron chi connectivity index (χ4n) is 3.45. The molecule has 3 aromatic rings. The van der Waals surface area contributed by atoms with Crippen LogP contribution in [0.1, 0.15) is 23.9 Å². The SMILES string of the molecule is [O-]N(O)c1ccccc1CN1C[C@H](O)C[C@H]1c1nc(-c2ccc(F)cc2)no1. The highest BCUT2D eigenvalue weighted by Gasteiger charge is 2.36. The Morgan fingerprint density at radius 1 is 1.21 bits per heavy atom. The molecule has 28 heavy (non-hydrogen) atoms. The van der Waals surface area contributed by atoms with Gasteiger partial charge in [0.1, 0.15) is 5.82 Å². The second kappa shape index (κ2) is 7.64. The second-order valence-corrected chi connectivity index (χ2v) is 6.70. The molecule has 1 aliphatic heterocycles. The lowest BCUT2D eigenvalue weighted by Gasteiger charge is -2.27. The third-order valence-electron chi connectivity index (χ3n) is 4.78. The monoisotopic (exact) mass is 385 g/mol. The molecule has 1 fully saturated rings. The van der Waals surface area contributed by atoms with Crippen LogP contribution < -0.4 is 5.23 Å². The molecule has 9 heteroatoms. The Morgan fingerprint density at radius 3 is 2.71 bits per heavy atom. The molecule has 0 spiro atoms. The highest BCUT2D eigenvalue weighted by molar-refractivity contribution is 5.54. The van der Waals surface area contributed by atoms with Gasteiger partial charge in [-0.15, -0.1) is 0 Å². The van der Waals surface area contributed by atoms with Gasteiger partial charge < -0.3 is 20.1 Å². The Hall–Kier alpha value is -2.85. The van der Waals surface area contributed by atoms with Crippen molar-refractivity contribution in [1.82, 2.24) is 15.0 Å². The highest BCUT2D eigenvalue weighted by Crippen LogP contribution is 2.34. The molecule has 0 amide bonds. The van der Waals surface area contributed by atoms with Gasteiger partial charge in [-0.2, -0.15) is 4.98 Å². The Balaban J connectivity index is 1.58. The van der Waals surface area contributed by atoms with Crippen LogP contribution in [0.25, 0.3) is 11.4 Å². The number of halogens is 1. The van der Waals surface area contributed by atoms with E-state index in [-0.39, 0.29) is 22.8 Å². The number of hydrogen-bond acceptors (Lipinski definition) is 8. The van der Waals surface area contributed by atoms with Gasteiger partial charge in [-0.1, -0.05) is 23.4 Å². The maximum absolute atomic E-state index is 13.1. The van der Waals surface area contributed by atoms with Crippen molar-refractivity contribution in [2.24, 2.45) is 0 Å². The second-order valence-electron chi connectivity index (χ2n) is 6.70. The number of aliphatic hydroxyl groups excluding tert-OH is 1. The lowest BCUT2D eigenvalue weighted by molar-refractivity contribution is 0.169. The number of rotatable bonds is 5. The first-order chi connectivity index (χ1) is 13.5. The highest BCUT2D eigenvalue weighted by atomic mass is 19.1. The zero-order valence-electron chi connectivity index (χ0n) is 14.8. The molecule has 0 aliphatic carbocycles.